The van der Waals surface area contributed by atoms with Crippen molar-refractivity contribution in [3.8, 4) is 11.6 Å². The van der Waals surface area contributed by atoms with Crippen molar-refractivity contribution < 1.29 is 19.1 Å². The van der Waals surface area contributed by atoms with Gasteiger partial charge in [0.05, 0.1) is 18.1 Å². The first kappa shape index (κ1) is 23.2. The highest BCUT2D eigenvalue weighted by molar-refractivity contribution is 5.95. The molecule has 34 heavy (non-hydrogen) atoms. The number of piperidine rings is 1. The van der Waals surface area contributed by atoms with Gasteiger partial charge in [0.25, 0.3) is 5.88 Å². The van der Waals surface area contributed by atoms with Gasteiger partial charge < -0.3 is 19.7 Å². The molecule has 0 radical (unpaired) electrons. The van der Waals surface area contributed by atoms with Crippen molar-refractivity contribution in [1.82, 2.24) is 9.97 Å². The SMILES string of the molecule is CCOC(=O)c1cccc(NC(=O)C2CCCN(c3nccnc3Oc3ccccc3C)C2)c1. The van der Waals surface area contributed by atoms with Crippen LogP contribution in [0.25, 0.3) is 0 Å². The second kappa shape index (κ2) is 10.8. The molecule has 1 saturated heterocycles. The summed E-state index contributed by atoms with van der Waals surface area (Å²) in [6.07, 6.45) is 4.82. The van der Waals surface area contributed by atoms with Gasteiger partial charge in [-0.05, 0) is 56.5 Å². The fourth-order valence-corrected chi connectivity index (χ4v) is 3.95. The summed E-state index contributed by atoms with van der Waals surface area (Å²) in [5, 5.41) is 2.94. The molecule has 8 heteroatoms. The molecule has 3 aromatic rings. The fourth-order valence-electron chi connectivity index (χ4n) is 3.95. The lowest BCUT2D eigenvalue weighted by Gasteiger charge is -2.33. The molecular weight excluding hydrogens is 432 g/mol. The number of ether oxygens (including phenoxy) is 2. The van der Waals surface area contributed by atoms with Gasteiger partial charge in [0.2, 0.25) is 5.91 Å². The largest absolute Gasteiger partial charge is 0.462 e. The quantitative estimate of drug-likeness (QED) is 0.515. The van der Waals surface area contributed by atoms with Crippen LogP contribution < -0.4 is 15.0 Å². The maximum Gasteiger partial charge on any atom is 0.338 e. The second-order valence-electron chi connectivity index (χ2n) is 8.13. The minimum absolute atomic E-state index is 0.101. The molecular formula is C26H28N4O4. The molecule has 8 nitrogen and oxygen atoms in total. The first-order valence-electron chi connectivity index (χ1n) is 11.4. The Labute approximate surface area is 198 Å². The summed E-state index contributed by atoms with van der Waals surface area (Å²) in [4.78, 5) is 36.0. The molecule has 1 aliphatic heterocycles. The topological polar surface area (TPSA) is 93.7 Å². The molecule has 0 aliphatic carbocycles. The number of rotatable bonds is 7. The number of aryl methyl sites for hydroxylation is 1. The van der Waals surface area contributed by atoms with E-state index in [0.29, 0.717) is 36.1 Å². The normalized spacial score (nSPS) is 15.5. The molecule has 1 aliphatic rings. The number of carbonyl (C=O) groups is 2. The van der Waals surface area contributed by atoms with Crippen LogP contribution in [-0.2, 0) is 9.53 Å². The molecule has 0 bridgehead atoms. The first-order valence-corrected chi connectivity index (χ1v) is 11.4. The van der Waals surface area contributed by atoms with Crippen molar-refractivity contribution >= 4 is 23.4 Å². The summed E-state index contributed by atoms with van der Waals surface area (Å²) in [7, 11) is 0. The highest BCUT2D eigenvalue weighted by Crippen LogP contribution is 2.32. The molecule has 0 saturated carbocycles. The standard InChI is InChI=1S/C26H28N4O4/c1-3-33-26(32)19-9-6-11-21(16-19)29-24(31)20-10-7-15-30(17-20)23-25(28-14-13-27-23)34-22-12-5-4-8-18(22)2/h4-6,8-9,11-14,16,20H,3,7,10,15,17H2,1-2H3,(H,29,31). The van der Waals surface area contributed by atoms with Crippen molar-refractivity contribution in [2.45, 2.75) is 26.7 Å². The van der Waals surface area contributed by atoms with E-state index < -0.39 is 5.97 Å². The zero-order chi connectivity index (χ0) is 23.9. The first-order chi connectivity index (χ1) is 16.5. The van der Waals surface area contributed by atoms with Gasteiger partial charge in [-0.2, -0.15) is 0 Å². The van der Waals surface area contributed by atoms with Crippen LogP contribution in [-0.4, -0.2) is 41.5 Å². The number of nitrogens with one attached hydrogen (secondary N) is 1. The van der Waals surface area contributed by atoms with E-state index in [-0.39, 0.29) is 11.8 Å². The van der Waals surface area contributed by atoms with E-state index in [1.165, 1.54) is 0 Å². The summed E-state index contributed by atoms with van der Waals surface area (Å²) in [5.41, 5.74) is 1.97. The molecule has 1 N–H and O–H groups in total. The van der Waals surface area contributed by atoms with Crippen molar-refractivity contribution in [3.63, 3.8) is 0 Å². The number of hydrogen-bond acceptors (Lipinski definition) is 7. The minimum atomic E-state index is -0.411. The van der Waals surface area contributed by atoms with Gasteiger partial charge in [-0.25, -0.2) is 14.8 Å². The maximum absolute atomic E-state index is 13.1. The maximum atomic E-state index is 13.1. The minimum Gasteiger partial charge on any atom is -0.462 e. The third kappa shape index (κ3) is 5.51. The van der Waals surface area contributed by atoms with Gasteiger partial charge >= 0.3 is 5.97 Å². The Kier molecular flexibility index (Phi) is 7.37. The predicted molar refractivity (Wildman–Crippen MR) is 129 cm³/mol. The Balaban J connectivity index is 1.46. The average Bonchev–Trinajstić information content (AvgIpc) is 2.86. The molecule has 1 atom stereocenters. The zero-order valence-corrected chi connectivity index (χ0v) is 19.4. The van der Waals surface area contributed by atoms with Crippen molar-refractivity contribution in [3.05, 3.63) is 72.1 Å². The fraction of sp³-hybridized carbons (Fsp3) is 0.308. The molecule has 1 unspecified atom stereocenters. The van der Waals surface area contributed by atoms with Crippen LogP contribution in [0.4, 0.5) is 11.5 Å². The molecule has 1 fully saturated rings. The van der Waals surface area contributed by atoms with Crippen LogP contribution in [0.1, 0.15) is 35.7 Å². The molecule has 0 spiro atoms. The number of aromatic nitrogens is 2. The summed E-state index contributed by atoms with van der Waals surface area (Å²) in [6, 6.07) is 14.5. The van der Waals surface area contributed by atoms with Crippen LogP contribution in [0, 0.1) is 12.8 Å². The number of carbonyl (C=O) groups excluding carboxylic acids is 2. The summed E-state index contributed by atoms with van der Waals surface area (Å²) >= 11 is 0. The van der Waals surface area contributed by atoms with E-state index in [0.717, 1.165) is 30.7 Å². The smallest absolute Gasteiger partial charge is 0.338 e. The van der Waals surface area contributed by atoms with E-state index in [9.17, 15) is 9.59 Å². The highest BCUT2D eigenvalue weighted by atomic mass is 16.5. The second-order valence-corrected chi connectivity index (χ2v) is 8.13. The van der Waals surface area contributed by atoms with Crippen LogP contribution in [0.15, 0.2) is 60.9 Å². The number of nitrogens with zero attached hydrogens (tertiary/aromatic N) is 3. The lowest BCUT2D eigenvalue weighted by atomic mass is 9.97. The number of esters is 1. The van der Waals surface area contributed by atoms with E-state index >= 15 is 0 Å². The molecule has 1 aromatic heterocycles. The molecule has 4 rings (SSSR count). The zero-order valence-electron chi connectivity index (χ0n) is 19.4. The van der Waals surface area contributed by atoms with Crippen LogP contribution >= 0.6 is 0 Å². The monoisotopic (exact) mass is 460 g/mol. The number of anilines is 2. The Hall–Kier alpha value is -3.94. The van der Waals surface area contributed by atoms with E-state index in [1.807, 2.05) is 36.1 Å². The summed E-state index contributed by atoms with van der Waals surface area (Å²) < 4.78 is 11.1. The lowest BCUT2D eigenvalue weighted by molar-refractivity contribution is -0.120. The van der Waals surface area contributed by atoms with Crippen molar-refractivity contribution in [2.75, 3.05) is 29.9 Å². The molecule has 2 aromatic carbocycles. The average molecular weight is 461 g/mol. The van der Waals surface area contributed by atoms with Gasteiger partial charge in [0, 0.05) is 31.2 Å². The van der Waals surface area contributed by atoms with E-state index in [2.05, 4.69) is 15.3 Å². The predicted octanol–water partition coefficient (Wildman–Crippen LogP) is 4.61. The molecule has 2 heterocycles. The Morgan fingerprint density at radius 3 is 2.76 bits per heavy atom. The van der Waals surface area contributed by atoms with Gasteiger partial charge in [-0.1, -0.05) is 24.3 Å². The Bertz CT molecular complexity index is 1170. The number of para-hydroxylation sites is 1. The van der Waals surface area contributed by atoms with Crippen molar-refractivity contribution in [1.29, 1.82) is 0 Å². The van der Waals surface area contributed by atoms with Crippen LogP contribution in [0.3, 0.4) is 0 Å². The van der Waals surface area contributed by atoms with Gasteiger partial charge in [0.1, 0.15) is 5.75 Å². The summed E-state index contributed by atoms with van der Waals surface area (Å²) in [5.74, 6) is 1.00. The lowest BCUT2D eigenvalue weighted by Crippen LogP contribution is -2.41. The Morgan fingerprint density at radius 2 is 1.94 bits per heavy atom. The molecule has 1 amide bonds. The van der Waals surface area contributed by atoms with Gasteiger partial charge in [0.15, 0.2) is 5.82 Å². The number of hydrogen-bond donors (Lipinski definition) is 1. The third-order valence-electron chi connectivity index (χ3n) is 5.68. The van der Waals surface area contributed by atoms with Crippen molar-refractivity contribution in [2.24, 2.45) is 5.92 Å². The van der Waals surface area contributed by atoms with Gasteiger partial charge in [-0.15, -0.1) is 0 Å². The summed E-state index contributed by atoms with van der Waals surface area (Å²) in [6.45, 7) is 5.28. The number of amides is 1. The van der Waals surface area contributed by atoms with E-state index in [4.69, 9.17) is 9.47 Å². The van der Waals surface area contributed by atoms with Gasteiger partial charge in [-0.3, -0.25) is 4.79 Å². The Morgan fingerprint density at radius 1 is 1.12 bits per heavy atom. The highest BCUT2D eigenvalue weighted by Gasteiger charge is 2.29. The molecule has 176 valence electrons. The third-order valence-corrected chi connectivity index (χ3v) is 5.68. The van der Waals surface area contributed by atoms with Crippen LogP contribution in [0.2, 0.25) is 0 Å². The van der Waals surface area contributed by atoms with E-state index in [1.54, 1.807) is 43.6 Å². The number of benzene rings is 2. The van der Waals surface area contributed by atoms with Crippen LogP contribution in [0.5, 0.6) is 11.6 Å².